The van der Waals surface area contributed by atoms with Gasteiger partial charge in [0.1, 0.15) is 5.51 Å². The summed E-state index contributed by atoms with van der Waals surface area (Å²) in [4.78, 5) is 23.6. The van der Waals surface area contributed by atoms with Crippen LogP contribution in [-0.4, -0.2) is 28.1 Å². The van der Waals surface area contributed by atoms with Crippen molar-refractivity contribution in [3.05, 3.63) is 41.4 Å². The lowest BCUT2D eigenvalue weighted by atomic mass is 10.1. The highest BCUT2D eigenvalue weighted by Gasteiger charge is 2.13. The average molecular weight is 290 g/mol. The minimum Gasteiger partial charge on any atom is -0.349 e. The third kappa shape index (κ3) is 4.13. The van der Waals surface area contributed by atoms with Crippen LogP contribution in [0, 0.1) is 0 Å². The van der Waals surface area contributed by atoms with E-state index in [0.717, 1.165) is 0 Å². The molecule has 1 unspecified atom stereocenters. The molecule has 0 saturated carbocycles. The molecule has 0 aliphatic heterocycles. The number of benzene rings is 1. The second-order valence-corrected chi connectivity index (χ2v) is 5.07. The molecule has 0 aliphatic rings. The average Bonchev–Trinajstić information content (AvgIpc) is 2.92. The van der Waals surface area contributed by atoms with E-state index in [1.807, 2.05) is 6.07 Å². The Bertz CT molecular complexity index is 571. The number of amides is 2. The second-order valence-electron chi connectivity index (χ2n) is 4.24. The van der Waals surface area contributed by atoms with Crippen LogP contribution in [0.1, 0.15) is 23.7 Å². The summed E-state index contributed by atoms with van der Waals surface area (Å²) in [5.74, 6) is -0.399. The summed E-state index contributed by atoms with van der Waals surface area (Å²) in [6.07, 6.45) is 0.179. The van der Waals surface area contributed by atoms with Gasteiger partial charge in [-0.3, -0.25) is 9.59 Å². The fraction of sp³-hybridized carbons (Fsp3) is 0.231. The Hall–Kier alpha value is -2.28. The molecule has 1 atom stereocenters. The van der Waals surface area contributed by atoms with Gasteiger partial charge in [0.25, 0.3) is 5.91 Å². The number of nitrogens with zero attached hydrogens (tertiary/aromatic N) is 2. The molecule has 0 saturated heterocycles. The highest BCUT2D eigenvalue weighted by atomic mass is 32.1. The normalized spacial score (nSPS) is 11.7. The van der Waals surface area contributed by atoms with E-state index in [4.69, 9.17) is 0 Å². The maximum atomic E-state index is 11.9. The Morgan fingerprint density at radius 3 is 2.70 bits per heavy atom. The third-order valence-electron chi connectivity index (χ3n) is 2.51. The number of aromatic nitrogens is 2. The van der Waals surface area contributed by atoms with Crippen molar-refractivity contribution in [3.8, 4) is 0 Å². The highest BCUT2D eigenvalue weighted by molar-refractivity contribution is 7.13. The summed E-state index contributed by atoms with van der Waals surface area (Å²) in [7, 11) is 0. The minimum absolute atomic E-state index is 0.179. The van der Waals surface area contributed by atoms with E-state index in [1.54, 1.807) is 31.2 Å². The Balaban J connectivity index is 1.81. The molecule has 1 aromatic heterocycles. The maximum absolute atomic E-state index is 11.9. The maximum Gasteiger partial charge on any atom is 0.251 e. The van der Waals surface area contributed by atoms with Crippen LogP contribution in [0.25, 0.3) is 0 Å². The van der Waals surface area contributed by atoms with Crippen molar-refractivity contribution in [2.24, 2.45) is 0 Å². The fourth-order valence-corrected chi connectivity index (χ4v) is 2.08. The predicted octanol–water partition coefficient (Wildman–Crippen LogP) is 1.69. The zero-order valence-corrected chi connectivity index (χ0v) is 11.7. The van der Waals surface area contributed by atoms with Crippen LogP contribution >= 0.6 is 11.3 Å². The summed E-state index contributed by atoms with van der Waals surface area (Å²) in [5, 5.41) is 13.2. The molecule has 2 rings (SSSR count). The molecule has 0 spiro atoms. The van der Waals surface area contributed by atoms with Gasteiger partial charge >= 0.3 is 0 Å². The Labute approximate surface area is 120 Å². The fourth-order valence-electron chi connectivity index (χ4n) is 1.62. The molecule has 0 bridgehead atoms. The second kappa shape index (κ2) is 6.76. The van der Waals surface area contributed by atoms with E-state index in [1.165, 1.54) is 16.8 Å². The zero-order valence-electron chi connectivity index (χ0n) is 10.9. The van der Waals surface area contributed by atoms with E-state index in [0.29, 0.717) is 10.7 Å². The summed E-state index contributed by atoms with van der Waals surface area (Å²) in [6.45, 7) is 1.78. The van der Waals surface area contributed by atoms with Crippen LogP contribution in [0.5, 0.6) is 0 Å². The smallest absolute Gasteiger partial charge is 0.251 e. The number of hydrogen-bond acceptors (Lipinski definition) is 5. The first kappa shape index (κ1) is 14.1. The summed E-state index contributed by atoms with van der Waals surface area (Å²) in [6, 6.07) is 8.61. The van der Waals surface area contributed by atoms with Gasteiger partial charge in [-0.2, -0.15) is 0 Å². The molecule has 0 radical (unpaired) electrons. The number of anilines is 1. The van der Waals surface area contributed by atoms with Crippen molar-refractivity contribution in [2.75, 3.05) is 5.32 Å². The van der Waals surface area contributed by atoms with E-state index in [9.17, 15) is 9.59 Å². The van der Waals surface area contributed by atoms with Crippen LogP contribution in [0.3, 0.4) is 0 Å². The standard InChI is InChI=1S/C13H14N4O2S/c1-9(7-11(18)16-13-17-14-8-20-13)15-12(19)10-5-3-2-4-6-10/h2-6,8-9H,7H2,1H3,(H,15,19)(H,16,17,18). The van der Waals surface area contributed by atoms with Crippen LogP contribution in [0.2, 0.25) is 0 Å². The van der Waals surface area contributed by atoms with Gasteiger partial charge in [-0.25, -0.2) is 0 Å². The molecule has 0 fully saturated rings. The lowest BCUT2D eigenvalue weighted by Gasteiger charge is -2.13. The van der Waals surface area contributed by atoms with Crippen LogP contribution in [0.15, 0.2) is 35.8 Å². The van der Waals surface area contributed by atoms with Gasteiger partial charge in [0, 0.05) is 18.0 Å². The Kier molecular flexibility index (Phi) is 4.78. The molecule has 1 aromatic carbocycles. The topological polar surface area (TPSA) is 84.0 Å². The summed E-state index contributed by atoms with van der Waals surface area (Å²) < 4.78 is 0. The van der Waals surface area contributed by atoms with Crippen LogP contribution in [0.4, 0.5) is 5.13 Å². The molecule has 104 valence electrons. The molecule has 1 heterocycles. The lowest BCUT2D eigenvalue weighted by Crippen LogP contribution is -2.35. The van der Waals surface area contributed by atoms with Crippen molar-refractivity contribution in [3.63, 3.8) is 0 Å². The number of carbonyl (C=O) groups is 2. The number of rotatable bonds is 5. The molecule has 6 nitrogen and oxygen atoms in total. The van der Waals surface area contributed by atoms with Gasteiger partial charge in [0.05, 0.1) is 0 Å². The van der Waals surface area contributed by atoms with Gasteiger partial charge in [0.2, 0.25) is 11.0 Å². The van der Waals surface area contributed by atoms with Gasteiger partial charge in [-0.05, 0) is 19.1 Å². The molecule has 2 amide bonds. The number of nitrogens with one attached hydrogen (secondary N) is 2. The SMILES string of the molecule is CC(CC(=O)Nc1nncs1)NC(=O)c1ccccc1. The van der Waals surface area contributed by atoms with Crippen LogP contribution in [-0.2, 0) is 4.79 Å². The molecule has 0 aliphatic carbocycles. The number of hydrogen-bond donors (Lipinski definition) is 2. The molecule has 2 aromatic rings. The molecule has 20 heavy (non-hydrogen) atoms. The van der Waals surface area contributed by atoms with Crippen molar-refractivity contribution in [1.82, 2.24) is 15.5 Å². The van der Waals surface area contributed by atoms with Crippen molar-refractivity contribution < 1.29 is 9.59 Å². The molecular formula is C13H14N4O2S. The van der Waals surface area contributed by atoms with E-state index in [-0.39, 0.29) is 24.3 Å². The van der Waals surface area contributed by atoms with E-state index < -0.39 is 0 Å². The Morgan fingerprint density at radius 1 is 1.30 bits per heavy atom. The summed E-state index contributed by atoms with van der Waals surface area (Å²) in [5.41, 5.74) is 2.11. The third-order valence-corrected chi connectivity index (χ3v) is 3.12. The quantitative estimate of drug-likeness (QED) is 0.877. The van der Waals surface area contributed by atoms with Gasteiger partial charge in [0.15, 0.2) is 0 Å². The molecule has 7 heteroatoms. The lowest BCUT2D eigenvalue weighted by molar-refractivity contribution is -0.116. The molecular weight excluding hydrogens is 276 g/mol. The summed E-state index contributed by atoms with van der Waals surface area (Å²) >= 11 is 1.25. The number of carbonyl (C=O) groups excluding carboxylic acids is 2. The highest BCUT2D eigenvalue weighted by Crippen LogP contribution is 2.09. The van der Waals surface area contributed by atoms with E-state index >= 15 is 0 Å². The molecule has 2 N–H and O–H groups in total. The monoisotopic (exact) mass is 290 g/mol. The zero-order chi connectivity index (χ0) is 14.4. The van der Waals surface area contributed by atoms with Gasteiger partial charge in [-0.15, -0.1) is 10.2 Å². The first-order valence-electron chi connectivity index (χ1n) is 6.07. The Morgan fingerprint density at radius 2 is 2.05 bits per heavy atom. The first-order valence-corrected chi connectivity index (χ1v) is 6.95. The predicted molar refractivity (Wildman–Crippen MR) is 76.5 cm³/mol. The minimum atomic E-state index is -0.268. The van der Waals surface area contributed by atoms with Crippen molar-refractivity contribution in [2.45, 2.75) is 19.4 Å². The van der Waals surface area contributed by atoms with Crippen LogP contribution < -0.4 is 10.6 Å². The van der Waals surface area contributed by atoms with Gasteiger partial charge < -0.3 is 10.6 Å². The van der Waals surface area contributed by atoms with Crippen molar-refractivity contribution >= 4 is 28.3 Å². The van der Waals surface area contributed by atoms with Gasteiger partial charge in [-0.1, -0.05) is 29.5 Å². The largest absolute Gasteiger partial charge is 0.349 e. The van der Waals surface area contributed by atoms with E-state index in [2.05, 4.69) is 20.8 Å². The van der Waals surface area contributed by atoms with Crippen molar-refractivity contribution in [1.29, 1.82) is 0 Å². The first-order chi connectivity index (χ1) is 9.65.